The summed E-state index contributed by atoms with van der Waals surface area (Å²) in [6, 6.07) is 3.96. The summed E-state index contributed by atoms with van der Waals surface area (Å²) in [5.74, 6) is 1.85. The molecule has 1 saturated heterocycles. The summed E-state index contributed by atoms with van der Waals surface area (Å²) in [7, 11) is 1.86. The highest BCUT2D eigenvalue weighted by molar-refractivity contribution is 5.72. The van der Waals surface area contributed by atoms with Gasteiger partial charge in [0.05, 0.1) is 11.6 Å². The molecule has 0 spiro atoms. The van der Waals surface area contributed by atoms with Gasteiger partial charge in [0.2, 0.25) is 0 Å². The van der Waals surface area contributed by atoms with Crippen molar-refractivity contribution in [1.82, 2.24) is 15.0 Å². The third kappa shape index (κ3) is 2.31. The van der Waals surface area contributed by atoms with Crippen LogP contribution >= 0.6 is 0 Å². The van der Waals surface area contributed by atoms with Crippen molar-refractivity contribution in [3.63, 3.8) is 0 Å². The Balaban J connectivity index is 1.72. The fraction of sp³-hybridized carbons (Fsp3) is 0.538. The number of imidazole rings is 1. The van der Waals surface area contributed by atoms with Gasteiger partial charge >= 0.3 is 0 Å². The number of rotatable bonds is 4. The van der Waals surface area contributed by atoms with E-state index in [2.05, 4.69) is 20.3 Å². The maximum atomic E-state index is 5.62. The molecule has 1 unspecified atom stereocenters. The molecule has 18 heavy (non-hydrogen) atoms. The molecule has 1 aliphatic rings. The van der Waals surface area contributed by atoms with E-state index in [1.54, 1.807) is 0 Å². The third-order valence-electron chi connectivity index (χ3n) is 3.38. The van der Waals surface area contributed by atoms with Gasteiger partial charge in [0.15, 0.2) is 5.65 Å². The van der Waals surface area contributed by atoms with E-state index in [9.17, 15) is 0 Å². The Morgan fingerprint density at radius 3 is 3.17 bits per heavy atom. The van der Waals surface area contributed by atoms with Crippen molar-refractivity contribution in [2.75, 3.05) is 19.0 Å². The molecule has 1 atom stereocenters. The smallest absolute Gasteiger partial charge is 0.179 e. The van der Waals surface area contributed by atoms with E-state index in [4.69, 9.17) is 4.74 Å². The van der Waals surface area contributed by atoms with E-state index in [0.717, 1.165) is 42.3 Å². The highest BCUT2D eigenvalue weighted by Crippen LogP contribution is 2.18. The van der Waals surface area contributed by atoms with Gasteiger partial charge in [-0.05, 0) is 31.4 Å². The first-order valence-corrected chi connectivity index (χ1v) is 6.50. The summed E-state index contributed by atoms with van der Waals surface area (Å²) >= 11 is 0. The minimum atomic E-state index is 0.416. The maximum Gasteiger partial charge on any atom is 0.179 e. The zero-order valence-electron chi connectivity index (χ0n) is 10.6. The predicted molar refractivity (Wildman–Crippen MR) is 70.7 cm³/mol. The van der Waals surface area contributed by atoms with Crippen molar-refractivity contribution in [3.05, 3.63) is 18.0 Å². The Kier molecular flexibility index (Phi) is 3.15. The second kappa shape index (κ2) is 4.94. The molecule has 1 fully saturated rings. The van der Waals surface area contributed by atoms with Crippen LogP contribution in [0.15, 0.2) is 12.1 Å². The van der Waals surface area contributed by atoms with Crippen molar-refractivity contribution in [3.8, 4) is 0 Å². The van der Waals surface area contributed by atoms with E-state index in [0.29, 0.717) is 6.10 Å². The van der Waals surface area contributed by atoms with Crippen molar-refractivity contribution in [2.24, 2.45) is 0 Å². The zero-order valence-corrected chi connectivity index (χ0v) is 10.6. The van der Waals surface area contributed by atoms with Crippen LogP contribution in [-0.2, 0) is 11.2 Å². The molecule has 2 N–H and O–H groups in total. The topological polar surface area (TPSA) is 62.8 Å². The molecule has 0 amide bonds. The van der Waals surface area contributed by atoms with E-state index < -0.39 is 0 Å². The molecule has 0 aliphatic carbocycles. The largest absolute Gasteiger partial charge is 0.378 e. The Labute approximate surface area is 106 Å². The van der Waals surface area contributed by atoms with Gasteiger partial charge in [-0.1, -0.05) is 0 Å². The normalized spacial score (nSPS) is 19.5. The van der Waals surface area contributed by atoms with Crippen LogP contribution in [0.25, 0.3) is 11.2 Å². The zero-order chi connectivity index (χ0) is 12.4. The summed E-state index contributed by atoms with van der Waals surface area (Å²) < 4.78 is 5.62. The lowest BCUT2D eigenvalue weighted by molar-refractivity contribution is 0.104. The molecule has 3 heterocycles. The van der Waals surface area contributed by atoms with Gasteiger partial charge in [0.25, 0.3) is 0 Å². The fourth-order valence-electron chi connectivity index (χ4n) is 2.37. The lowest BCUT2D eigenvalue weighted by Gasteiger charge is -2.06. The highest BCUT2D eigenvalue weighted by atomic mass is 16.5. The quantitative estimate of drug-likeness (QED) is 0.867. The summed E-state index contributed by atoms with van der Waals surface area (Å²) in [4.78, 5) is 12.2. The Morgan fingerprint density at radius 1 is 1.44 bits per heavy atom. The van der Waals surface area contributed by atoms with Gasteiger partial charge in [0.1, 0.15) is 11.6 Å². The van der Waals surface area contributed by atoms with Crippen molar-refractivity contribution in [2.45, 2.75) is 31.8 Å². The number of aromatic nitrogens is 3. The van der Waals surface area contributed by atoms with Gasteiger partial charge in [-0.25, -0.2) is 9.97 Å². The number of H-pyrrole nitrogens is 1. The minimum Gasteiger partial charge on any atom is -0.378 e. The molecule has 0 radical (unpaired) electrons. The molecule has 3 rings (SSSR count). The van der Waals surface area contributed by atoms with E-state index in [1.165, 1.54) is 12.8 Å². The van der Waals surface area contributed by atoms with Crippen LogP contribution in [0.4, 0.5) is 5.82 Å². The molecule has 1 aliphatic heterocycles. The summed E-state index contributed by atoms with van der Waals surface area (Å²) in [5, 5.41) is 3.02. The van der Waals surface area contributed by atoms with Crippen molar-refractivity contribution >= 4 is 17.0 Å². The number of pyridine rings is 1. The summed E-state index contributed by atoms with van der Waals surface area (Å²) in [5.41, 5.74) is 1.78. The first-order valence-electron chi connectivity index (χ1n) is 6.50. The number of fused-ring (bicyclic) bond motifs is 1. The van der Waals surface area contributed by atoms with Crippen LogP contribution in [0.5, 0.6) is 0 Å². The van der Waals surface area contributed by atoms with Gasteiger partial charge in [-0.2, -0.15) is 0 Å². The molecular formula is C13H18N4O. The number of aryl methyl sites for hydroxylation is 1. The molecule has 2 aromatic heterocycles. The number of hydrogen-bond acceptors (Lipinski definition) is 4. The summed E-state index contributed by atoms with van der Waals surface area (Å²) in [6.07, 6.45) is 4.76. The van der Waals surface area contributed by atoms with E-state index >= 15 is 0 Å². The van der Waals surface area contributed by atoms with Gasteiger partial charge in [0, 0.05) is 20.1 Å². The number of nitrogens with one attached hydrogen (secondary N) is 2. The van der Waals surface area contributed by atoms with E-state index in [-0.39, 0.29) is 0 Å². The molecular weight excluding hydrogens is 228 g/mol. The highest BCUT2D eigenvalue weighted by Gasteiger charge is 2.16. The lowest BCUT2D eigenvalue weighted by atomic mass is 10.1. The first kappa shape index (κ1) is 11.5. The monoisotopic (exact) mass is 246 g/mol. The van der Waals surface area contributed by atoms with Crippen LogP contribution in [0.3, 0.4) is 0 Å². The standard InChI is InChI=1S/C13H18N4O/c1-14-11-7-5-10-13(16-11)17-12(15-10)6-4-9-3-2-8-18-9/h5,7,9H,2-4,6,8H2,1H3,(H2,14,15,16,17). The number of nitrogens with zero attached hydrogens (tertiary/aromatic N) is 2. The molecule has 0 saturated carbocycles. The first-order chi connectivity index (χ1) is 8.85. The van der Waals surface area contributed by atoms with Gasteiger partial charge in [-0.3, -0.25) is 0 Å². The second-order valence-corrected chi connectivity index (χ2v) is 4.67. The van der Waals surface area contributed by atoms with Crippen molar-refractivity contribution < 1.29 is 4.74 Å². The average molecular weight is 246 g/mol. The Hall–Kier alpha value is -1.62. The van der Waals surface area contributed by atoms with Crippen LogP contribution in [-0.4, -0.2) is 34.7 Å². The number of anilines is 1. The van der Waals surface area contributed by atoms with E-state index in [1.807, 2.05) is 19.2 Å². The van der Waals surface area contributed by atoms with Crippen LogP contribution in [0, 0.1) is 0 Å². The predicted octanol–water partition coefficient (Wildman–Crippen LogP) is 2.11. The van der Waals surface area contributed by atoms with Crippen LogP contribution in [0.1, 0.15) is 25.1 Å². The van der Waals surface area contributed by atoms with Crippen LogP contribution < -0.4 is 5.32 Å². The van der Waals surface area contributed by atoms with Gasteiger partial charge in [-0.15, -0.1) is 0 Å². The number of aromatic amines is 1. The fourth-order valence-corrected chi connectivity index (χ4v) is 2.37. The molecule has 0 aromatic carbocycles. The molecule has 96 valence electrons. The Bertz CT molecular complexity index is 531. The second-order valence-electron chi connectivity index (χ2n) is 4.67. The molecule has 5 heteroatoms. The molecule has 0 bridgehead atoms. The summed E-state index contributed by atoms with van der Waals surface area (Å²) in [6.45, 7) is 0.915. The van der Waals surface area contributed by atoms with Crippen LogP contribution in [0.2, 0.25) is 0 Å². The number of hydrogen-bond donors (Lipinski definition) is 2. The average Bonchev–Trinajstić information content (AvgIpc) is 3.04. The Morgan fingerprint density at radius 2 is 2.39 bits per heavy atom. The van der Waals surface area contributed by atoms with Crippen molar-refractivity contribution in [1.29, 1.82) is 0 Å². The SMILES string of the molecule is CNc1ccc2[nH]c(CCC3CCCO3)nc2n1. The van der Waals surface area contributed by atoms with Gasteiger partial charge < -0.3 is 15.0 Å². The lowest BCUT2D eigenvalue weighted by Crippen LogP contribution is -2.06. The maximum absolute atomic E-state index is 5.62. The molecule has 2 aromatic rings. The third-order valence-corrected chi connectivity index (χ3v) is 3.38. The minimum absolute atomic E-state index is 0.416. The number of ether oxygens (including phenoxy) is 1. The molecule has 5 nitrogen and oxygen atoms in total.